The normalized spacial score (nSPS) is 12.6. The summed E-state index contributed by atoms with van der Waals surface area (Å²) in [5.74, 6) is -3.89. The maximum Gasteiger partial charge on any atom is 0.246 e. The van der Waals surface area contributed by atoms with Crippen LogP contribution in [0.2, 0.25) is 0 Å². The highest BCUT2D eigenvalue weighted by Gasteiger charge is 2.35. The molecule has 2 rings (SSSR count). The van der Waals surface area contributed by atoms with Gasteiger partial charge in [-0.15, -0.1) is 10.2 Å². The number of ether oxygens (including phenoxy) is 8. The Balaban J connectivity index is 1.33. The number of ketones is 4. The van der Waals surface area contributed by atoms with Crippen LogP contribution in [0.3, 0.4) is 0 Å². The summed E-state index contributed by atoms with van der Waals surface area (Å²) in [5, 5.41) is 38.0. The van der Waals surface area contributed by atoms with Gasteiger partial charge < -0.3 is 86.8 Å². The molecule has 2 aromatic rings. The van der Waals surface area contributed by atoms with Crippen LogP contribution < -0.4 is 43.8 Å². The van der Waals surface area contributed by atoms with Crippen LogP contribution in [0.15, 0.2) is 41.5 Å². The van der Waals surface area contributed by atoms with Gasteiger partial charge in [0, 0.05) is 95.5 Å². The first-order valence-corrected chi connectivity index (χ1v) is 39.7. The quantitative estimate of drug-likeness (QED) is 0.0256. The summed E-state index contributed by atoms with van der Waals surface area (Å²) in [5.41, 5.74) is 17.9. The average molecular weight is 1520 g/mol. The summed E-state index contributed by atoms with van der Waals surface area (Å²) < 4.78 is 68.9. The summed E-state index contributed by atoms with van der Waals surface area (Å²) in [7, 11) is -1.88. The molecule has 4 amide bonds. The SMILES string of the molecule is C=C(COCCOCCCC(=O)CCCS(=O)(=O)CC(=O)CCCCCCCCCCCCCCCc1nn[nH]n1)NCCOCCOCC(=O)CCCOCCOCC(=O)NCCOCCOCC(=O)NCCCC[C@H](NC)C(=O)C(C)[C@@H](CCCN=C(N)N)C(=O)N[C@@H](Cc1ccc(O)cc1)C(N)=O. The maximum atomic E-state index is 13.8. The molecule has 32 nitrogen and oxygen atoms in total. The van der Waals surface area contributed by atoms with Crippen LogP contribution in [-0.4, -0.2) is 249 Å². The van der Waals surface area contributed by atoms with E-state index in [9.17, 15) is 51.9 Å². The number of benzene rings is 1. The number of rotatable bonds is 75. The number of nitrogens with one attached hydrogen (secondary N) is 6. The van der Waals surface area contributed by atoms with E-state index in [0.717, 1.165) is 37.9 Å². The fourth-order valence-corrected chi connectivity index (χ4v) is 12.5. The number of hydrogen-bond acceptors (Lipinski definition) is 25. The van der Waals surface area contributed by atoms with Gasteiger partial charge in [-0.25, -0.2) is 8.42 Å². The number of guanidine groups is 1. The molecule has 1 aromatic carbocycles. The fourth-order valence-electron chi connectivity index (χ4n) is 11.1. The zero-order chi connectivity index (χ0) is 77.5. The highest BCUT2D eigenvalue weighted by Crippen LogP contribution is 2.23. The highest BCUT2D eigenvalue weighted by molar-refractivity contribution is 7.92. The number of carbonyl (C=O) groups is 8. The summed E-state index contributed by atoms with van der Waals surface area (Å²) in [4.78, 5) is 105. The van der Waals surface area contributed by atoms with Gasteiger partial charge in [-0.2, -0.15) is 5.21 Å². The lowest BCUT2D eigenvalue weighted by molar-refractivity contribution is -0.136. The molecule has 13 N–H and O–H groups in total. The largest absolute Gasteiger partial charge is 0.508 e. The molecule has 0 saturated carbocycles. The fraction of sp³-hybridized carbons (Fsp3) is 0.753. The van der Waals surface area contributed by atoms with Gasteiger partial charge >= 0.3 is 0 Å². The number of aromatic nitrogens is 4. The number of phenolic OH excluding ortho intramolecular Hbond substituents is 1. The second-order valence-corrected chi connectivity index (χ2v) is 28.4. The van der Waals surface area contributed by atoms with E-state index in [1.165, 1.54) is 63.5 Å². The van der Waals surface area contributed by atoms with E-state index in [2.05, 4.69) is 58.8 Å². The minimum Gasteiger partial charge on any atom is -0.508 e. The average Bonchev–Trinajstić information content (AvgIpc) is 0.968. The molecule has 0 aliphatic rings. The molecule has 0 spiro atoms. The lowest BCUT2D eigenvalue weighted by Crippen LogP contribution is -2.50. The number of likely N-dealkylation sites (N-methyl/N-ethyl adjacent to an activating group) is 1. The lowest BCUT2D eigenvalue weighted by Gasteiger charge is -2.27. The number of carbonyl (C=O) groups excluding carboxylic acids is 8. The van der Waals surface area contributed by atoms with Crippen LogP contribution in [0.5, 0.6) is 5.75 Å². The second kappa shape index (κ2) is 63.0. The first-order valence-electron chi connectivity index (χ1n) is 37.9. The monoisotopic (exact) mass is 1520 g/mol. The Morgan fingerprint density at radius 3 is 1.62 bits per heavy atom. The number of sulfone groups is 1. The smallest absolute Gasteiger partial charge is 0.246 e. The van der Waals surface area contributed by atoms with Crippen LogP contribution in [0.4, 0.5) is 0 Å². The Morgan fingerprint density at radius 1 is 0.547 bits per heavy atom. The van der Waals surface area contributed by atoms with Crippen molar-refractivity contribution in [2.45, 2.75) is 192 Å². The third kappa shape index (κ3) is 53.8. The molecule has 106 heavy (non-hydrogen) atoms. The number of H-pyrrole nitrogens is 1. The first kappa shape index (κ1) is 95.1. The van der Waals surface area contributed by atoms with Crippen LogP contribution in [0.25, 0.3) is 0 Å². The molecule has 604 valence electrons. The molecule has 1 heterocycles. The number of amides is 4. The van der Waals surface area contributed by atoms with Gasteiger partial charge in [-0.05, 0) is 89.0 Å². The summed E-state index contributed by atoms with van der Waals surface area (Å²) in [6.45, 7) is 10.3. The van der Waals surface area contributed by atoms with Gasteiger partial charge in [-0.1, -0.05) is 101 Å². The Hall–Kier alpha value is -6.95. The molecule has 0 aliphatic heterocycles. The van der Waals surface area contributed by atoms with Gasteiger partial charge in [0.05, 0.1) is 84.5 Å². The van der Waals surface area contributed by atoms with Gasteiger partial charge in [0.1, 0.15) is 48.9 Å². The zero-order valence-corrected chi connectivity index (χ0v) is 64.0. The van der Waals surface area contributed by atoms with Gasteiger partial charge in [-0.3, -0.25) is 43.3 Å². The Kier molecular flexibility index (Phi) is 56.6. The molecule has 0 radical (unpaired) electrons. The molecular weight excluding hydrogens is 1390 g/mol. The topological polar surface area (TPSA) is 470 Å². The van der Waals surface area contributed by atoms with Crippen LogP contribution in [0, 0.1) is 11.8 Å². The molecule has 4 atom stereocenters. The summed E-state index contributed by atoms with van der Waals surface area (Å²) >= 11 is 0. The van der Waals surface area contributed by atoms with E-state index in [1.807, 2.05) is 0 Å². The predicted octanol–water partition coefficient (Wildman–Crippen LogP) is 3.69. The van der Waals surface area contributed by atoms with Crippen LogP contribution in [-0.2, 0) is 98.9 Å². The van der Waals surface area contributed by atoms with Crippen LogP contribution in [0.1, 0.15) is 179 Å². The van der Waals surface area contributed by atoms with Crippen molar-refractivity contribution in [3.05, 3.63) is 47.9 Å². The Bertz CT molecular complexity index is 2860. The van der Waals surface area contributed by atoms with E-state index in [-0.39, 0.29) is 164 Å². The van der Waals surface area contributed by atoms with Crippen molar-refractivity contribution in [2.75, 3.05) is 150 Å². The van der Waals surface area contributed by atoms with Crippen molar-refractivity contribution in [2.24, 2.45) is 34.0 Å². The third-order valence-electron chi connectivity index (χ3n) is 17.0. The second-order valence-electron chi connectivity index (χ2n) is 26.3. The Labute approximate surface area is 627 Å². The third-order valence-corrected chi connectivity index (χ3v) is 18.7. The van der Waals surface area contributed by atoms with Crippen molar-refractivity contribution in [3.63, 3.8) is 0 Å². The molecule has 0 aliphatic carbocycles. The molecule has 0 saturated heterocycles. The number of phenols is 1. The molecule has 0 fully saturated rings. The number of primary amides is 1. The number of nitrogens with two attached hydrogens (primary N) is 3. The predicted molar refractivity (Wildman–Crippen MR) is 401 cm³/mol. The number of aryl methyl sites for hydroxylation is 1. The number of aromatic amines is 1. The van der Waals surface area contributed by atoms with Crippen molar-refractivity contribution in [1.29, 1.82) is 0 Å². The van der Waals surface area contributed by atoms with E-state index in [4.69, 9.17) is 55.1 Å². The number of Topliss-reactive ketones (excluding diaryl/α,β-unsaturated/α-hetero) is 4. The first-order chi connectivity index (χ1) is 51.2. The molecule has 1 aromatic heterocycles. The van der Waals surface area contributed by atoms with Crippen LogP contribution >= 0.6 is 0 Å². The highest BCUT2D eigenvalue weighted by atomic mass is 32.2. The van der Waals surface area contributed by atoms with Gasteiger partial charge in [0.15, 0.2) is 33.2 Å². The lowest BCUT2D eigenvalue weighted by atomic mass is 9.82. The standard InChI is InChI=1S/C73H127N13O19S/c1-57(52-102-46-42-98-38-20-24-60(87)26-22-50-106(96,97)56-63(90)23-15-13-11-9-7-5-4-6-8-10-12-14-16-29-67-83-85-86-84-67)78-36-40-100-44-47-103-53-62(89)25-21-39-99-43-48-104-55-69(92)80-37-41-101-45-49-105-54-68(91)79-34-18-17-28-65(77-3)70(93)58(2)64(27-19-35-81-73(75)76)72(95)82-66(71(74)94)51-59-30-32-61(88)33-31-59/h30-33,58,64-66,77-78,88H,1,4-29,34-56H2,2-3H3,(H2,74,94)(H,79,91)(H,80,92)(H,82,95)(H4,75,76,81)(H,83,84,85,86)/t58?,64-,65+,66+/m1/s1. The molecular formula is C73H127N13O19S. The van der Waals surface area contributed by atoms with E-state index >= 15 is 0 Å². The number of aliphatic imine (C=N–C) groups is 1. The van der Waals surface area contributed by atoms with Crippen molar-refractivity contribution in [1.82, 2.24) is 47.2 Å². The number of hydrogen-bond donors (Lipinski definition) is 10. The van der Waals surface area contributed by atoms with Crippen molar-refractivity contribution < 1.29 is 89.8 Å². The minimum absolute atomic E-state index is 0.0288. The maximum absolute atomic E-state index is 13.8. The summed E-state index contributed by atoms with van der Waals surface area (Å²) in [6.07, 6.45) is 20.3. The van der Waals surface area contributed by atoms with E-state index in [1.54, 1.807) is 26.1 Å². The Morgan fingerprint density at radius 2 is 1.06 bits per heavy atom. The number of tetrazole rings is 1. The number of unbranched alkanes of at least 4 members (excludes halogenated alkanes) is 13. The van der Waals surface area contributed by atoms with Gasteiger partial charge in [0.25, 0.3) is 0 Å². The molecule has 33 heteroatoms. The van der Waals surface area contributed by atoms with Gasteiger partial charge in [0.2, 0.25) is 23.6 Å². The van der Waals surface area contributed by atoms with Crippen molar-refractivity contribution >= 4 is 62.6 Å². The number of nitrogens with zero attached hydrogens (tertiary/aromatic N) is 4. The summed E-state index contributed by atoms with van der Waals surface area (Å²) in [6, 6.07) is 4.52. The number of aromatic hydroxyl groups is 1. The molecule has 1 unspecified atom stereocenters. The zero-order valence-electron chi connectivity index (χ0n) is 63.2. The van der Waals surface area contributed by atoms with E-state index < -0.39 is 51.3 Å². The van der Waals surface area contributed by atoms with E-state index in [0.29, 0.717) is 122 Å². The van der Waals surface area contributed by atoms with Crippen molar-refractivity contribution in [3.8, 4) is 5.75 Å². The minimum atomic E-state index is -3.54. The molecule has 0 bridgehead atoms.